The van der Waals surface area contributed by atoms with Crippen molar-refractivity contribution in [1.29, 1.82) is 0 Å². The number of hydrogen-bond donors (Lipinski definition) is 2. The first-order valence-electron chi connectivity index (χ1n) is 7.71. The number of hydrogen-bond acceptors (Lipinski definition) is 4. The van der Waals surface area contributed by atoms with E-state index in [0.29, 0.717) is 5.82 Å². The summed E-state index contributed by atoms with van der Waals surface area (Å²) in [5.74, 6) is -0.605. The molecule has 1 amide bonds. The molecule has 1 saturated carbocycles. The van der Waals surface area contributed by atoms with Crippen molar-refractivity contribution in [1.82, 2.24) is 9.78 Å². The van der Waals surface area contributed by atoms with Gasteiger partial charge in [-0.3, -0.25) is 14.3 Å². The second kappa shape index (κ2) is 6.54. The minimum absolute atomic E-state index is 0.0415. The van der Waals surface area contributed by atoms with Crippen LogP contribution in [0.15, 0.2) is 29.8 Å². The van der Waals surface area contributed by atoms with Crippen molar-refractivity contribution in [2.45, 2.75) is 44.1 Å². The predicted octanol–water partition coefficient (Wildman–Crippen LogP) is 2.87. The highest BCUT2D eigenvalue weighted by molar-refractivity contribution is 7.10. The highest BCUT2D eigenvalue weighted by Crippen LogP contribution is 2.42. The number of carbonyl (C=O) groups is 2. The summed E-state index contributed by atoms with van der Waals surface area (Å²) in [6.45, 7) is -0.216. The Bertz CT molecular complexity index is 687. The van der Waals surface area contributed by atoms with E-state index in [1.54, 1.807) is 23.6 Å². The summed E-state index contributed by atoms with van der Waals surface area (Å²) in [6, 6.07) is 5.63. The van der Waals surface area contributed by atoms with E-state index in [2.05, 4.69) is 10.4 Å². The van der Waals surface area contributed by atoms with Crippen molar-refractivity contribution in [3.63, 3.8) is 0 Å². The lowest BCUT2D eigenvalue weighted by Crippen LogP contribution is -2.41. The number of aliphatic carboxylic acids is 1. The lowest BCUT2D eigenvalue weighted by atomic mass is 9.72. The molecule has 2 aromatic heterocycles. The lowest BCUT2D eigenvalue weighted by molar-refractivity contribution is -0.137. The van der Waals surface area contributed by atoms with E-state index in [0.717, 1.165) is 37.0 Å². The molecule has 3 rings (SSSR count). The second-order valence-electron chi connectivity index (χ2n) is 5.87. The maximum Gasteiger partial charge on any atom is 0.325 e. The summed E-state index contributed by atoms with van der Waals surface area (Å²) in [7, 11) is 0. The fourth-order valence-corrected chi connectivity index (χ4v) is 4.17. The zero-order valence-electron chi connectivity index (χ0n) is 12.7. The van der Waals surface area contributed by atoms with E-state index in [-0.39, 0.29) is 12.5 Å². The first-order valence-corrected chi connectivity index (χ1v) is 8.59. The summed E-state index contributed by atoms with van der Waals surface area (Å²) < 4.78 is 1.30. The number of rotatable bonds is 5. The molecule has 0 unspecified atom stereocenters. The molecular weight excluding hydrogens is 314 g/mol. The third-order valence-corrected chi connectivity index (χ3v) is 5.39. The highest BCUT2D eigenvalue weighted by Gasteiger charge is 2.42. The molecule has 1 aliphatic carbocycles. The minimum atomic E-state index is -0.965. The summed E-state index contributed by atoms with van der Waals surface area (Å²) in [5, 5.41) is 17.8. The van der Waals surface area contributed by atoms with Crippen LogP contribution in [0.25, 0.3) is 0 Å². The summed E-state index contributed by atoms with van der Waals surface area (Å²) in [6.07, 6.45) is 6.48. The Balaban J connectivity index is 1.79. The Morgan fingerprint density at radius 2 is 2.09 bits per heavy atom. The van der Waals surface area contributed by atoms with Crippen molar-refractivity contribution < 1.29 is 14.7 Å². The van der Waals surface area contributed by atoms with Gasteiger partial charge in [0.15, 0.2) is 5.82 Å². The van der Waals surface area contributed by atoms with Crippen LogP contribution in [0.2, 0.25) is 0 Å². The molecule has 0 radical (unpaired) electrons. The first kappa shape index (κ1) is 15.7. The second-order valence-corrected chi connectivity index (χ2v) is 6.81. The normalized spacial score (nSPS) is 16.9. The molecule has 7 heteroatoms. The van der Waals surface area contributed by atoms with Gasteiger partial charge in [0, 0.05) is 17.1 Å². The Hall–Kier alpha value is -2.15. The van der Waals surface area contributed by atoms with Gasteiger partial charge in [0.25, 0.3) is 0 Å². The smallest absolute Gasteiger partial charge is 0.325 e. The van der Waals surface area contributed by atoms with Gasteiger partial charge in [-0.1, -0.05) is 25.3 Å². The molecule has 2 aromatic rings. The predicted molar refractivity (Wildman–Crippen MR) is 87.6 cm³/mol. The Morgan fingerprint density at radius 3 is 2.74 bits per heavy atom. The van der Waals surface area contributed by atoms with Gasteiger partial charge in [0.1, 0.15) is 6.54 Å². The molecule has 0 bridgehead atoms. The van der Waals surface area contributed by atoms with Crippen LogP contribution in [0.1, 0.15) is 37.0 Å². The van der Waals surface area contributed by atoms with Crippen molar-refractivity contribution in [3.8, 4) is 0 Å². The van der Waals surface area contributed by atoms with Crippen LogP contribution in [-0.4, -0.2) is 26.8 Å². The largest absolute Gasteiger partial charge is 0.480 e. The lowest BCUT2D eigenvalue weighted by Gasteiger charge is -2.34. The summed E-state index contributed by atoms with van der Waals surface area (Å²) in [4.78, 5) is 24.8. The van der Waals surface area contributed by atoms with Crippen molar-refractivity contribution in [2.75, 3.05) is 5.32 Å². The van der Waals surface area contributed by atoms with Gasteiger partial charge in [0.05, 0.1) is 5.41 Å². The molecule has 23 heavy (non-hydrogen) atoms. The third kappa shape index (κ3) is 3.29. The molecule has 0 aliphatic heterocycles. The zero-order chi connectivity index (χ0) is 16.3. The Labute approximate surface area is 138 Å². The molecular formula is C16H19N3O3S. The van der Waals surface area contributed by atoms with E-state index in [1.165, 1.54) is 4.68 Å². The molecule has 122 valence electrons. The topological polar surface area (TPSA) is 84.2 Å². The first-order chi connectivity index (χ1) is 11.1. The molecule has 2 N–H and O–H groups in total. The molecule has 6 nitrogen and oxygen atoms in total. The number of nitrogens with one attached hydrogen (secondary N) is 1. The number of thiophene rings is 1. The van der Waals surface area contributed by atoms with Gasteiger partial charge < -0.3 is 10.4 Å². The fraction of sp³-hybridized carbons (Fsp3) is 0.438. The highest BCUT2D eigenvalue weighted by atomic mass is 32.1. The molecule has 2 heterocycles. The maximum atomic E-state index is 12.9. The van der Waals surface area contributed by atoms with Crippen molar-refractivity contribution >= 4 is 29.0 Å². The van der Waals surface area contributed by atoms with Crippen LogP contribution < -0.4 is 5.32 Å². The number of carboxylic acids is 1. The quantitative estimate of drug-likeness (QED) is 0.881. The number of anilines is 1. The molecule has 0 aromatic carbocycles. The molecule has 1 aliphatic rings. The molecule has 0 saturated heterocycles. The van der Waals surface area contributed by atoms with E-state index < -0.39 is 11.4 Å². The average molecular weight is 333 g/mol. The Morgan fingerprint density at radius 1 is 1.30 bits per heavy atom. The SMILES string of the molecule is O=C(O)Cn1ccc(NC(=O)C2(c3cccs3)CCCCC2)n1. The molecule has 0 spiro atoms. The summed E-state index contributed by atoms with van der Waals surface area (Å²) >= 11 is 1.62. The van der Waals surface area contributed by atoms with Crippen LogP contribution in [0.3, 0.4) is 0 Å². The van der Waals surface area contributed by atoms with Gasteiger partial charge in [-0.25, -0.2) is 0 Å². The van der Waals surface area contributed by atoms with Crippen molar-refractivity contribution in [3.05, 3.63) is 34.7 Å². The van der Waals surface area contributed by atoms with E-state index in [4.69, 9.17) is 5.11 Å². The maximum absolute atomic E-state index is 12.9. The van der Waals surface area contributed by atoms with E-state index >= 15 is 0 Å². The number of nitrogens with zero attached hydrogens (tertiary/aromatic N) is 2. The van der Waals surface area contributed by atoms with Gasteiger partial charge in [-0.2, -0.15) is 5.10 Å². The minimum Gasteiger partial charge on any atom is -0.480 e. The monoisotopic (exact) mass is 333 g/mol. The van der Waals surface area contributed by atoms with Gasteiger partial charge >= 0.3 is 5.97 Å². The number of carboxylic acid groups (broad SMARTS) is 1. The van der Waals surface area contributed by atoms with Crippen molar-refractivity contribution in [2.24, 2.45) is 0 Å². The van der Waals surface area contributed by atoms with Gasteiger partial charge in [0.2, 0.25) is 5.91 Å². The number of amides is 1. The van der Waals surface area contributed by atoms with E-state index in [1.807, 2.05) is 17.5 Å². The van der Waals surface area contributed by atoms with Crippen LogP contribution in [0.5, 0.6) is 0 Å². The molecule has 1 fully saturated rings. The van der Waals surface area contributed by atoms with Gasteiger partial charge in [-0.05, 0) is 24.3 Å². The standard InChI is InChI=1S/C16H19N3O3S/c20-14(21)11-19-9-6-13(18-19)17-15(22)16(7-2-1-3-8-16)12-5-4-10-23-12/h4-6,9-10H,1-3,7-8,11H2,(H,20,21)(H,17,18,22). The average Bonchev–Trinajstić information content (AvgIpc) is 3.19. The van der Waals surface area contributed by atoms with E-state index in [9.17, 15) is 9.59 Å². The van der Waals surface area contributed by atoms with Crippen LogP contribution in [0.4, 0.5) is 5.82 Å². The Kier molecular flexibility index (Phi) is 4.47. The van der Waals surface area contributed by atoms with Crippen LogP contribution in [-0.2, 0) is 21.5 Å². The molecule has 0 atom stereocenters. The third-order valence-electron chi connectivity index (χ3n) is 4.31. The zero-order valence-corrected chi connectivity index (χ0v) is 13.5. The number of carbonyl (C=O) groups excluding carboxylic acids is 1. The van der Waals surface area contributed by atoms with Gasteiger partial charge in [-0.15, -0.1) is 11.3 Å². The van der Waals surface area contributed by atoms with Crippen LogP contribution in [0, 0.1) is 0 Å². The van der Waals surface area contributed by atoms with Crippen LogP contribution >= 0.6 is 11.3 Å². The number of aromatic nitrogens is 2. The fourth-order valence-electron chi connectivity index (χ4n) is 3.18. The summed E-state index contributed by atoms with van der Waals surface area (Å²) in [5.41, 5.74) is -0.483.